The summed E-state index contributed by atoms with van der Waals surface area (Å²) in [7, 11) is 0. The number of hydrogen-bond donors (Lipinski definition) is 3. The number of carboxylic acid groups (broad SMARTS) is 1. The standard InChI is InChI=1S/C13H11NO3/c14-11(13(16)17)7-8-5-6-12(15)10-4-2-1-3-9(8)10/h1-6,14-15H,7H2,(H,16,17). The van der Waals surface area contributed by atoms with Crippen molar-refractivity contribution >= 4 is 22.5 Å². The van der Waals surface area contributed by atoms with E-state index in [-0.39, 0.29) is 17.9 Å². The van der Waals surface area contributed by atoms with Gasteiger partial charge in [0.15, 0.2) is 0 Å². The van der Waals surface area contributed by atoms with Gasteiger partial charge in [-0.25, -0.2) is 4.79 Å². The summed E-state index contributed by atoms with van der Waals surface area (Å²) >= 11 is 0. The molecule has 0 radical (unpaired) electrons. The lowest BCUT2D eigenvalue weighted by molar-refractivity contribution is -0.129. The lowest BCUT2D eigenvalue weighted by Crippen LogP contribution is -2.14. The number of nitrogens with one attached hydrogen (secondary N) is 1. The third-order valence-electron chi connectivity index (χ3n) is 2.62. The number of rotatable bonds is 3. The number of carbonyl (C=O) groups is 1. The molecule has 17 heavy (non-hydrogen) atoms. The smallest absolute Gasteiger partial charge is 0.349 e. The van der Waals surface area contributed by atoms with E-state index in [1.54, 1.807) is 24.3 Å². The maximum Gasteiger partial charge on any atom is 0.349 e. The molecule has 0 saturated heterocycles. The van der Waals surface area contributed by atoms with E-state index in [4.69, 9.17) is 10.5 Å². The van der Waals surface area contributed by atoms with Gasteiger partial charge in [-0.2, -0.15) is 0 Å². The van der Waals surface area contributed by atoms with Crippen molar-refractivity contribution in [3.05, 3.63) is 42.0 Å². The Morgan fingerprint density at radius 1 is 1.12 bits per heavy atom. The van der Waals surface area contributed by atoms with Gasteiger partial charge < -0.3 is 10.2 Å². The van der Waals surface area contributed by atoms with Crippen LogP contribution in [0.15, 0.2) is 36.4 Å². The zero-order valence-corrected chi connectivity index (χ0v) is 8.97. The van der Waals surface area contributed by atoms with Gasteiger partial charge in [0, 0.05) is 11.8 Å². The maximum atomic E-state index is 10.6. The summed E-state index contributed by atoms with van der Waals surface area (Å²) in [6.07, 6.45) is 0.0517. The molecular weight excluding hydrogens is 218 g/mol. The third kappa shape index (κ3) is 2.10. The van der Waals surface area contributed by atoms with Gasteiger partial charge in [0.05, 0.1) is 0 Å². The SMILES string of the molecule is N=C(Cc1ccc(O)c2ccccc12)C(=O)O. The maximum absolute atomic E-state index is 10.6. The topological polar surface area (TPSA) is 81.4 Å². The molecule has 0 bridgehead atoms. The number of fused-ring (bicyclic) bond motifs is 1. The van der Waals surface area contributed by atoms with E-state index < -0.39 is 5.97 Å². The van der Waals surface area contributed by atoms with Crippen molar-refractivity contribution in [2.75, 3.05) is 0 Å². The normalized spacial score (nSPS) is 10.4. The second-order valence-electron chi connectivity index (χ2n) is 3.75. The molecule has 0 heterocycles. The molecule has 0 unspecified atom stereocenters. The number of aromatic hydroxyl groups is 1. The minimum atomic E-state index is -1.22. The fourth-order valence-corrected chi connectivity index (χ4v) is 1.77. The van der Waals surface area contributed by atoms with Crippen LogP contribution in [0.25, 0.3) is 10.8 Å². The summed E-state index contributed by atoms with van der Waals surface area (Å²) in [4.78, 5) is 10.6. The van der Waals surface area contributed by atoms with E-state index in [0.717, 1.165) is 10.9 Å². The first-order valence-corrected chi connectivity index (χ1v) is 5.10. The highest BCUT2D eigenvalue weighted by atomic mass is 16.4. The van der Waals surface area contributed by atoms with E-state index in [9.17, 15) is 9.90 Å². The molecule has 0 aliphatic carbocycles. The monoisotopic (exact) mass is 229 g/mol. The molecule has 2 aromatic rings. The first-order chi connectivity index (χ1) is 8.09. The quantitative estimate of drug-likeness (QED) is 0.705. The lowest BCUT2D eigenvalue weighted by Gasteiger charge is -2.07. The first kappa shape index (κ1) is 11.1. The molecule has 0 amide bonds. The number of benzene rings is 2. The Morgan fingerprint density at radius 2 is 1.76 bits per heavy atom. The molecule has 0 aliphatic rings. The third-order valence-corrected chi connectivity index (χ3v) is 2.62. The van der Waals surface area contributed by atoms with Crippen molar-refractivity contribution in [1.82, 2.24) is 0 Å². The highest BCUT2D eigenvalue weighted by molar-refractivity contribution is 6.34. The number of aliphatic carboxylic acids is 1. The molecule has 0 fully saturated rings. The van der Waals surface area contributed by atoms with E-state index in [0.29, 0.717) is 5.39 Å². The Morgan fingerprint density at radius 3 is 2.41 bits per heavy atom. The molecule has 3 N–H and O–H groups in total. The van der Waals surface area contributed by atoms with E-state index in [1.165, 1.54) is 6.07 Å². The molecule has 4 nitrogen and oxygen atoms in total. The molecule has 0 saturated carbocycles. The number of phenols is 1. The summed E-state index contributed by atoms with van der Waals surface area (Å²) in [5, 5.41) is 27.2. The molecule has 0 aromatic heterocycles. The highest BCUT2D eigenvalue weighted by Crippen LogP contribution is 2.27. The van der Waals surface area contributed by atoms with Gasteiger partial charge in [-0.1, -0.05) is 30.3 Å². The van der Waals surface area contributed by atoms with Crippen LogP contribution in [0.5, 0.6) is 5.75 Å². The largest absolute Gasteiger partial charge is 0.507 e. The van der Waals surface area contributed by atoms with Crippen molar-refractivity contribution in [1.29, 1.82) is 5.41 Å². The molecule has 2 rings (SSSR count). The molecule has 4 heteroatoms. The van der Waals surface area contributed by atoms with Gasteiger partial charge in [0.2, 0.25) is 0 Å². The zero-order chi connectivity index (χ0) is 12.4. The minimum Gasteiger partial charge on any atom is -0.507 e. The van der Waals surface area contributed by atoms with E-state index in [1.807, 2.05) is 6.07 Å². The molecular formula is C13H11NO3. The summed E-state index contributed by atoms with van der Waals surface area (Å²) in [6.45, 7) is 0. The second-order valence-corrected chi connectivity index (χ2v) is 3.75. The van der Waals surface area contributed by atoms with Crippen LogP contribution in [0.4, 0.5) is 0 Å². The van der Waals surface area contributed by atoms with Crippen molar-refractivity contribution in [3.8, 4) is 5.75 Å². The Bertz CT molecular complexity index is 605. The minimum absolute atomic E-state index is 0.0517. The van der Waals surface area contributed by atoms with Crippen LogP contribution in [0, 0.1) is 5.41 Å². The fraction of sp³-hybridized carbons (Fsp3) is 0.0769. The van der Waals surface area contributed by atoms with E-state index >= 15 is 0 Å². The van der Waals surface area contributed by atoms with Crippen molar-refractivity contribution in [3.63, 3.8) is 0 Å². The predicted octanol–water partition coefficient (Wildman–Crippen LogP) is 2.19. The van der Waals surface area contributed by atoms with Crippen LogP contribution in [0.1, 0.15) is 5.56 Å². The Labute approximate surface area is 97.6 Å². The highest BCUT2D eigenvalue weighted by Gasteiger charge is 2.11. The number of hydrogen-bond acceptors (Lipinski definition) is 3. The molecule has 0 atom stereocenters. The summed E-state index contributed by atoms with van der Waals surface area (Å²) in [5.41, 5.74) is 0.367. The van der Waals surface area contributed by atoms with Crippen LogP contribution in [0.2, 0.25) is 0 Å². The van der Waals surface area contributed by atoms with Gasteiger partial charge in [0.25, 0.3) is 0 Å². The van der Waals surface area contributed by atoms with Crippen LogP contribution in [-0.2, 0) is 11.2 Å². The number of carboxylic acids is 1. The predicted molar refractivity (Wildman–Crippen MR) is 64.7 cm³/mol. The van der Waals surface area contributed by atoms with Crippen LogP contribution in [0.3, 0.4) is 0 Å². The average molecular weight is 229 g/mol. The van der Waals surface area contributed by atoms with Gasteiger partial charge >= 0.3 is 5.97 Å². The number of phenolic OH excluding ortho intramolecular Hbond substituents is 1. The average Bonchev–Trinajstić information content (AvgIpc) is 2.33. The second kappa shape index (κ2) is 4.25. The molecule has 2 aromatic carbocycles. The zero-order valence-electron chi connectivity index (χ0n) is 8.97. The molecule has 0 aliphatic heterocycles. The van der Waals surface area contributed by atoms with Crippen LogP contribution >= 0.6 is 0 Å². The Balaban J connectivity index is 2.52. The van der Waals surface area contributed by atoms with Crippen LogP contribution in [-0.4, -0.2) is 21.9 Å². The summed E-state index contributed by atoms with van der Waals surface area (Å²) in [5.74, 6) is -1.06. The molecule has 0 spiro atoms. The lowest BCUT2D eigenvalue weighted by atomic mass is 9.99. The van der Waals surface area contributed by atoms with Gasteiger partial charge in [0.1, 0.15) is 11.5 Å². The fourth-order valence-electron chi connectivity index (χ4n) is 1.77. The van der Waals surface area contributed by atoms with E-state index in [2.05, 4.69) is 0 Å². The summed E-state index contributed by atoms with van der Waals surface area (Å²) < 4.78 is 0. The van der Waals surface area contributed by atoms with Gasteiger partial charge in [-0.15, -0.1) is 0 Å². The first-order valence-electron chi connectivity index (χ1n) is 5.10. The van der Waals surface area contributed by atoms with Crippen molar-refractivity contribution in [2.45, 2.75) is 6.42 Å². The Hall–Kier alpha value is -2.36. The molecule has 86 valence electrons. The van der Waals surface area contributed by atoms with Crippen molar-refractivity contribution in [2.24, 2.45) is 0 Å². The Kier molecular flexibility index (Phi) is 2.78. The van der Waals surface area contributed by atoms with Crippen LogP contribution < -0.4 is 0 Å². The van der Waals surface area contributed by atoms with Gasteiger partial charge in [-0.05, 0) is 17.0 Å². The van der Waals surface area contributed by atoms with Crippen molar-refractivity contribution < 1.29 is 15.0 Å². The van der Waals surface area contributed by atoms with Gasteiger partial charge in [-0.3, -0.25) is 5.41 Å². The summed E-state index contributed by atoms with van der Waals surface area (Å²) in [6, 6.07) is 10.4.